The molecule has 0 amide bonds. The average molecular weight is 141 g/mol. The molecule has 0 fully saturated rings. The first-order valence-electron chi connectivity index (χ1n) is 4.36. The molecule has 0 bridgehead atoms. The summed E-state index contributed by atoms with van der Waals surface area (Å²) in [6.07, 6.45) is 3.61. The van der Waals surface area contributed by atoms with Gasteiger partial charge in [-0.15, -0.1) is 0 Å². The number of rotatable bonds is 4. The van der Waals surface area contributed by atoms with Crippen LogP contribution in [0.15, 0.2) is 0 Å². The molecule has 0 aromatic heterocycles. The summed E-state index contributed by atoms with van der Waals surface area (Å²) >= 11 is 0. The van der Waals surface area contributed by atoms with Gasteiger partial charge in [0.25, 0.3) is 0 Å². The van der Waals surface area contributed by atoms with Crippen molar-refractivity contribution in [2.75, 3.05) is 0 Å². The topological polar surface area (TPSA) is 0 Å². The zero-order valence-electron chi connectivity index (χ0n) is 7.91. The van der Waals surface area contributed by atoms with Crippen LogP contribution < -0.4 is 0 Å². The van der Waals surface area contributed by atoms with Crippen LogP contribution in [0.1, 0.15) is 47.0 Å². The minimum atomic E-state index is 0.530. The third-order valence-electron chi connectivity index (χ3n) is 2.95. The minimum absolute atomic E-state index is 0.530. The Morgan fingerprint density at radius 1 is 1.40 bits per heavy atom. The van der Waals surface area contributed by atoms with Crippen LogP contribution in [-0.2, 0) is 0 Å². The van der Waals surface area contributed by atoms with Crippen LogP contribution in [-0.4, -0.2) is 0 Å². The van der Waals surface area contributed by atoms with Crippen molar-refractivity contribution in [1.82, 2.24) is 0 Å². The second-order valence-corrected chi connectivity index (χ2v) is 3.77. The van der Waals surface area contributed by atoms with Gasteiger partial charge in [0.05, 0.1) is 0 Å². The van der Waals surface area contributed by atoms with Gasteiger partial charge in [-0.1, -0.05) is 47.5 Å². The predicted octanol–water partition coefficient (Wildman–Crippen LogP) is 3.67. The van der Waals surface area contributed by atoms with E-state index in [2.05, 4.69) is 34.6 Å². The van der Waals surface area contributed by atoms with Crippen LogP contribution in [0, 0.1) is 18.3 Å². The van der Waals surface area contributed by atoms with Crippen molar-refractivity contribution in [3.63, 3.8) is 0 Å². The predicted molar refractivity (Wildman–Crippen MR) is 47.8 cm³/mol. The van der Waals surface area contributed by atoms with Gasteiger partial charge in [0.2, 0.25) is 0 Å². The fraction of sp³-hybridized carbons (Fsp3) is 0.900. The molecule has 0 aromatic rings. The Kier molecular flexibility index (Phi) is 4.00. The van der Waals surface area contributed by atoms with Crippen LogP contribution in [0.3, 0.4) is 0 Å². The van der Waals surface area contributed by atoms with E-state index in [1.807, 2.05) is 0 Å². The van der Waals surface area contributed by atoms with E-state index in [4.69, 9.17) is 0 Å². The van der Waals surface area contributed by atoms with Crippen molar-refractivity contribution in [2.24, 2.45) is 11.3 Å². The lowest BCUT2D eigenvalue weighted by atomic mass is 9.74. The number of hydrogen-bond acceptors (Lipinski definition) is 0. The molecule has 1 radical (unpaired) electrons. The molecule has 0 aliphatic rings. The van der Waals surface area contributed by atoms with Crippen molar-refractivity contribution in [2.45, 2.75) is 47.0 Å². The molecule has 1 atom stereocenters. The van der Waals surface area contributed by atoms with Crippen LogP contribution in [0.2, 0.25) is 0 Å². The van der Waals surface area contributed by atoms with E-state index in [1.165, 1.54) is 12.8 Å². The third kappa shape index (κ3) is 2.32. The summed E-state index contributed by atoms with van der Waals surface area (Å²) in [5.41, 5.74) is 0.530. The first-order chi connectivity index (χ1) is 4.56. The zero-order valence-corrected chi connectivity index (χ0v) is 7.91. The van der Waals surface area contributed by atoms with Crippen LogP contribution in [0.4, 0.5) is 0 Å². The normalized spacial score (nSPS) is 17.4. The van der Waals surface area contributed by atoms with E-state index >= 15 is 0 Å². The lowest BCUT2D eigenvalue weighted by Crippen LogP contribution is -2.21. The van der Waals surface area contributed by atoms with Gasteiger partial charge < -0.3 is 0 Å². The van der Waals surface area contributed by atoms with Gasteiger partial charge in [-0.25, -0.2) is 0 Å². The molecule has 1 unspecified atom stereocenters. The molecule has 61 valence electrons. The molecule has 10 heavy (non-hydrogen) atoms. The summed E-state index contributed by atoms with van der Waals surface area (Å²) in [5, 5.41) is 0. The fourth-order valence-electron chi connectivity index (χ4n) is 1.28. The van der Waals surface area contributed by atoms with Gasteiger partial charge in [-0.2, -0.15) is 0 Å². The average Bonchev–Trinajstić information content (AvgIpc) is 1.88. The molecule has 0 heterocycles. The Bertz CT molecular complexity index is 84.0. The lowest BCUT2D eigenvalue weighted by Gasteiger charge is -2.32. The second kappa shape index (κ2) is 4.00. The highest BCUT2D eigenvalue weighted by molar-refractivity contribution is 4.76. The molecule has 0 aliphatic carbocycles. The van der Waals surface area contributed by atoms with Crippen molar-refractivity contribution in [3.8, 4) is 0 Å². The Morgan fingerprint density at radius 2 is 1.90 bits per heavy atom. The highest BCUT2D eigenvalue weighted by Crippen LogP contribution is 2.35. The smallest absolute Gasteiger partial charge is 0.0305 e. The van der Waals surface area contributed by atoms with E-state index in [1.54, 1.807) is 0 Å². The second-order valence-electron chi connectivity index (χ2n) is 3.77. The molecular weight excluding hydrogens is 120 g/mol. The van der Waals surface area contributed by atoms with Gasteiger partial charge in [-0.3, -0.25) is 0 Å². The molecule has 0 saturated heterocycles. The van der Waals surface area contributed by atoms with E-state index in [0.29, 0.717) is 5.41 Å². The molecule has 0 nitrogen and oxygen atoms in total. The first-order valence-corrected chi connectivity index (χ1v) is 4.36. The Labute approximate surface area is 66.0 Å². The molecule has 0 heteroatoms. The van der Waals surface area contributed by atoms with Crippen LogP contribution in [0.5, 0.6) is 0 Å². The summed E-state index contributed by atoms with van der Waals surface area (Å²) in [6, 6.07) is 0. The summed E-state index contributed by atoms with van der Waals surface area (Å²) in [5.74, 6) is 0.791. The Balaban J connectivity index is 3.94. The molecule has 0 aromatic carbocycles. The maximum atomic E-state index is 3.90. The standard InChI is InChI=1S/C10H21/c1-6-8-10(5,7-2)9(3)4/h9H,1,6-8H2,2-5H3. The summed E-state index contributed by atoms with van der Waals surface area (Å²) in [7, 11) is 0. The summed E-state index contributed by atoms with van der Waals surface area (Å²) < 4.78 is 0. The van der Waals surface area contributed by atoms with E-state index in [0.717, 1.165) is 12.3 Å². The van der Waals surface area contributed by atoms with Crippen LogP contribution in [0.25, 0.3) is 0 Å². The van der Waals surface area contributed by atoms with E-state index < -0.39 is 0 Å². The third-order valence-corrected chi connectivity index (χ3v) is 2.95. The monoisotopic (exact) mass is 141 g/mol. The van der Waals surface area contributed by atoms with Gasteiger partial charge in [-0.05, 0) is 17.8 Å². The molecule has 0 N–H and O–H groups in total. The van der Waals surface area contributed by atoms with E-state index in [-0.39, 0.29) is 0 Å². The largest absolute Gasteiger partial charge is 0.0649 e. The Morgan fingerprint density at radius 3 is 2.00 bits per heavy atom. The van der Waals surface area contributed by atoms with Crippen molar-refractivity contribution >= 4 is 0 Å². The van der Waals surface area contributed by atoms with Crippen molar-refractivity contribution < 1.29 is 0 Å². The SMILES string of the molecule is [CH2]CCC(C)(CC)C(C)C. The fourth-order valence-corrected chi connectivity index (χ4v) is 1.28. The molecule has 0 aliphatic heterocycles. The maximum Gasteiger partial charge on any atom is -0.0305 e. The summed E-state index contributed by atoms with van der Waals surface area (Å²) in [4.78, 5) is 0. The Hall–Kier alpha value is 0. The molecular formula is C10H21. The number of hydrogen-bond donors (Lipinski definition) is 0. The van der Waals surface area contributed by atoms with Gasteiger partial charge in [0.1, 0.15) is 0 Å². The van der Waals surface area contributed by atoms with Gasteiger partial charge >= 0.3 is 0 Å². The lowest BCUT2D eigenvalue weighted by molar-refractivity contribution is 0.192. The van der Waals surface area contributed by atoms with E-state index in [9.17, 15) is 0 Å². The minimum Gasteiger partial charge on any atom is -0.0649 e. The van der Waals surface area contributed by atoms with Gasteiger partial charge in [0, 0.05) is 0 Å². The molecule has 0 rings (SSSR count). The molecule has 0 spiro atoms. The first kappa shape index (κ1) is 10.0. The molecule has 0 saturated carbocycles. The van der Waals surface area contributed by atoms with Crippen molar-refractivity contribution in [3.05, 3.63) is 6.92 Å². The van der Waals surface area contributed by atoms with Gasteiger partial charge in [0.15, 0.2) is 0 Å². The zero-order chi connectivity index (χ0) is 8.20. The highest BCUT2D eigenvalue weighted by atomic mass is 14.3. The maximum absolute atomic E-state index is 3.90. The quantitative estimate of drug-likeness (QED) is 0.560. The summed E-state index contributed by atoms with van der Waals surface area (Å²) in [6.45, 7) is 13.1. The van der Waals surface area contributed by atoms with Crippen LogP contribution >= 0.6 is 0 Å². The van der Waals surface area contributed by atoms with Crippen molar-refractivity contribution in [1.29, 1.82) is 0 Å². The highest BCUT2D eigenvalue weighted by Gasteiger charge is 2.24.